The first-order valence-corrected chi connectivity index (χ1v) is 14.6. The van der Waals surface area contributed by atoms with Crippen molar-refractivity contribution < 1.29 is 164 Å². The van der Waals surface area contributed by atoms with Crippen LogP contribution in [0.5, 0.6) is 17.2 Å². The number of aliphatic carboxylic acids is 3. The van der Waals surface area contributed by atoms with Crippen molar-refractivity contribution in [1.82, 2.24) is 0 Å². The van der Waals surface area contributed by atoms with E-state index in [1.54, 1.807) is 36.4 Å². The third-order valence-corrected chi connectivity index (χ3v) is 5.13. The standard InChI is InChI=1S/3C9H11NO3.3Na.4O.V/c3*10-8(9(12)13)5-6-1-3-7(11)4-2-6;;;;;;;;/h3*1-4,8,11H,5,10H2,(H,12,13);;;;;;;;/q;;;3*+1;;3*-1;/t3*8-;;;;;;;;/m000......../s1. The zero-order valence-corrected chi connectivity index (χ0v) is 33.4. The molecule has 242 valence electrons. The van der Waals surface area contributed by atoms with E-state index in [0.29, 0.717) is 0 Å². The summed E-state index contributed by atoms with van der Waals surface area (Å²) in [6, 6.07) is 16.3. The van der Waals surface area contributed by atoms with Crippen LogP contribution in [0.4, 0.5) is 0 Å². The van der Waals surface area contributed by atoms with Crippen LogP contribution in [0.2, 0.25) is 0 Å². The Morgan fingerprint density at radius 3 is 0.787 bits per heavy atom. The van der Waals surface area contributed by atoms with E-state index in [1.165, 1.54) is 36.4 Å². The molecule has 16 nitrogen and oxygen atoms in total. The van der Waals surface area contributed by atoms with Gasteiger partial charge in [0.15, 0.2) is 0 Å². The van der Waals surface area contributed by atoms with Crippen molar-refractivity contribution in [3.05, 3.63) is 89.5 Å². The van der Waals surface area contributed by atoms with E-state index in [0.717, 1.165) is 16.7 Å². The van der Waals surface area contributed by atoms with E-state index >= 15 is 0 Å². The molecular weight excluding hydrogens is 694 g/mol. The van der Waals surface area contributed by atoms with Gasteiger partial charge in [0.1, 0.15) is 35.4 Å². The van der Waals surface area contributed by atoms with Gasteiger partial charge in [-0.05, 0) is 72.4 Å². The molecule has 0 saturated carbocycles. The Kier molecular flexibility index (Phi) is 30.6. The summed E-state index contributed by atoms with van der Waals surface area (Å²) in [6.07, 6.45) is 0.820. The van der Waals surface area contributed by atoms with Crippen LogP contribution in [-0.4, -0.2) is 66.7 Å². The van der Waals surface area contributed by atoms with Gasteiger partial charge in [-0.25, -0.2) is 0 Å². The molecule has 0 aliphatic heterocycles. The molecule has 12 N–H and O–H groups in total. The molecule has 3 rings (SSSR count). The molecule has 0 heterocycles. The van der Waals surface area contributed by atoms with Crippen molar-refractivity contribution in [2.75, 3.05) is 0 Å². The summed E-state index contributed by atoms with van der Waals surface area (Å²) in [4.78, 5) is 31.2. The second-order valence-corrected chi connectivity index (χ2v) is 10.3. The fraction of sp³-hybridized carbons (Fsp3) is 0.222. The predicted molar refractivity (Wildman–Crippen MR) is 143 cm³/mol. The predicted octanol–water partition coefficient (Wildman–Crippen LogP) is -11.6. The van der Waals surface area contributed by atoms with E-state index in [9.17, 15) is 14.4 Å². The molecule has 0 spiro atoms. The van der Waals surface area contributed by atoms with Crippen molar-refractivity contribution in [3.63, 3.8) is 0 Å². The van der Waals surface area contributed by atoms with E-state index in [1.807, 2.05) is 0 Å². The summed E-state index contributed by atoms with van der Waals surface area (Å²) in [5, 5.41) is 52.4. The van der Waals surface area contributed by atoms with Gasteiger partial charge in [0.2, 0.25) is 0 Å². The van der Waals surface area contributed by atoms with Crippen molar-refractivity contribution in [3.8, 4) is 17.2 Å². The molecule has 3 aromatic rings. The second kappa shape index (κ2) is 27.4. The Hall–Kier alpha value is -1.39. The summed E-state index contributed by atoms with van der Waals surface area (Å²) in [7, 11) is 0. The van der Waals surface area contributed by atoms with Crippen molar-refractivity contribution in [1.29, 1.82) is 0 Å². The minimum absolute atomic E-state index is 0. The first-order valence-electron chi connectivity index (χ1n) is 12.3. The van der Waals surface area contributed by atoms with Crippen LogP contribution in [0.25, 0.3) is 0 Å². The SMILES string of the molecule is N[C@@H](Cc1ccc(O)cc1)C(=O)O.N[C@@H](Cc1ccc(O)cc1)C(=O)O.N[C@@H](Cc1ccc(O)cc1)C(=O)O.[Na+].[Na+].[Na+].[O]=[V]([O-])([O-])[O-]. The monoisotopic (exact) mass is 727 g/mol. The summed E-state index contributed by atoms with van der Waals surface area (Å²) in [5.74, 6) is -2.58. The Labute approximate surface area is 340 Å². The number of nitrogens with two attached hydrogens (primary N) is 3. The van der Waals surface area contributed by atoms with Gasteiger partial charge in [-0.2, -0.15) is 0 Å². The van der Waals surface area contributed by atoms with Gasteiger partial charge < -0.3 is 47.8 Å². The van der Waals surface area contributed by atoms with Crippen LogP contribution in [0.1, 0.15) is 16.7 Å². The zero-order valence-electron chi connectivity index (χ0n) is 26.0. The summed E-state index contributed by atoms with van der Waals surface area (Å²) in [6.45, 7) is 0. The number of hydrogen-bond donors (Lipinski definition) is 9. The van der Waals surface area contributed by atoms with Gasteiger partial charge in [-0.3, -0.25) is 14.4 Å². The Morgan fingerprint density at radius 1 is 0.511 bits per heavy atom. The first kappa shape index (κ1) is 52.4. The number of carboxylic acids is 3. The maximum atomic E-state index is 10.4. The quantitative estimate of drug-likeness (QED) is 0.0924. The van der Waals surface area contributed by atoms with Crippen LogP contribution >= 0.6 is 0 Å². The zero-order chi connectivity index (χ0) is 34.0. The summed E-state index contributed by atoms with van der Waals surface area (Å²) in [5.41, 5.74) is 18.4. The van der Waals surface area contributed by atoms with E-state index < -0.39 is 51.1 Å². The van der Waals surface area contributed by atoms with E-state index in [4.69, 9.17) is 63.6 Å². The van der Waals surface area contributed by atoms with E-state index in [2.05, 4.69) is 0 Å². The Bertz CT molecular complexity index is 1210. The second-order valence-electron chi connectivity index (χ2n) is 8.89. The molecule has 0 aliphatic carbocycles. The number of carboxylic acid groups (broad SMARTS) is 3. The number of phenols is 3. The Balaban J connectivity index is -0.000000267. The molecule has 0 unspecified atom stereocenters. The average molecular weight is 727 g/mol. The van der Waals surface area contributed by atoms with Crippen molar-refractivity contribution >= 4 is 17.9 Å². The molecule has 0 bridgehead atoms. The van der Waals surface area contributed by atoms with Crippen LogP contribution in [0.15, 0.2) is 72.8 Å². The van der Waals surface area contributed by atoms with Gasteiger partial charge in [0.05, 0.1) is 0 Å². The molecule has 47 heavy (non-hydrogen) atoms. The average Bonchev–Trinajstić information content (AvgIpc) is 2.92. The third kappa shape index (κ3) is 29.3. The van der Waals surface area contributed by atoms with Gasteiger partial charge in [-0.1, -0.05) is 36.4 Å². The van der Waals surface area contributed by atoms with Gasteiger partial charge >= 0.3 is 137 Å². The Morgan fingerprint density at radius 2 is 0.660 bits per heavy atom. The summed E-state index contributed by atoms with van der Waals surface area (Å²) >= 11 is -5.88. The fourth-order valence-corrected chi connectivity index (χ4v) is 2.92. The van der Waals surface area contributed by atoms with Gasteiger partial charge in [0.25, 0.3) is 0 Å². The molecule has 0 saturated heterocycles. The first-order chi connectivity index (χ1) is 20.3. The van der Waals surface area contributed by atoms with Crippen LogP contribution in [-0.2, 0) is 52.3 Å². The molecule has 0 aromatic heterocycles. The normalized spacial score (nSPS) is 11.5. The number of phenolic OH excluding ortho intramolecular Hbond substituents is 3. The number of carbonyl (C=O) groups is 3. The third-order valence-electron chi connectivity index (χ3n) is 5.13. The number of benzene rings is 3. The molecule has 3 aromatic carbocycles. The van der Waals surface area contributed by atoms with Crippen LogP contribution in [0.3, 0.4) is 0 Å². The van der Waals surface area contributed by atoms with Crippen molar-refractivity contribution in [2.24, 2.45) is 17.2 Å². The number of hydrogen-bond acceptors (Lipinski definition) is 13. The molecule has 20 heteroatoms. The molecule has 0 fully saturated rings. The molecular formula is C27H33N3Na3O13V. The summed E-state index contributed by atoms with van der Waals surface area (Å²) < 4.78 is 34.4. The topological polar surface area (TPSA) is 337 Å². The van der Waals surface area contributed by atoms with Crippen LogP contribution in [0, 0.1) is 0 Å². The molecule has 0 aliphatic rings. The van der Waals surface area contributed by atoms with Crippen molar-refractivity contribution in [2.45, 2.75) is 37.4 Å². The number of aromatic hydroxyl groups is 3. The molecule has 0 amide bonds. The van der Waals surface area contributed by atoms with E-state index in [-0.39, 0.29) is 125 Å². The van der Waals surface area contributed by atoms with Gasteiger partial charge in [-0.15, -0.1) is 0 Å². The number of rotatable bonds is 9. The maximum absolute atomic E-state index is 10.4. The molecule has 3 atom stereocenters. The molecule has 0 radical (unpaired) electrons. The van der Waals surface area contributed by atoms with Gasteiger partial charge in [0, 0.05) is 0 Å². The van der Waals surface area contributed by atoms with Crippen LogP contribution < -0.4 is 118 Å². The fourth-order valence-electron chi connectivity index (χ4n) is 2.92. The minimum atomic E-state index is -5.88.